The van der Waals surface area contributed by atoms with Gasteiger partial charge in [0.2, 0.25) is 0 Å². The van der Waals surface area contributed by atoms with Crippen LogP contribution in [0.25, 0.3) is 0 Å². The summed E-state index contributed by atoms with van der Waals surface area (Å²) in [5, 5.41) is 56.6. The van der Waals surface area contributed by atoms with Crippen LogP contribution in [0.15, 0.2) is 0 Å². The van der Waals surface area contributed by atoms with Gasteiger partial charge in [0.25, 0.3) is 0 Å². The van der Waals surface area contributed by atoms with Gasteiger partial charge in [-0.1, -0.05) is 64.7 Å². The van der Waals surface area contributed by atoms with E-state index in [9.17, 15) is 25.2 Å². The normalized spacial score (nSPS) is 15.7. The van der Waals surface area contributed by atoms with Gasteiger partial charge in [0, 0.05) is 0 Å². The third kappa shape index (κ3) is 11.1. The quantitative estimate of drug-likeness (QED) is 0.152. The average molecular weight is 410 g/mol. The van der Waals surface area contributed by atoms with Crippen molar-refractivity contribution in [3.8, 4) is 0 Å². The Morgan fingerprint density at radius 3 is 1.54 bits per heavy atom. The summed E-state index contributed by atoms with van der Waals surface area (Å²) in [4.78, 5) is 12.4. The number of unbranched alkanes of at least 4 members (excludes halogenated alkanes) is 9. The first-order chi connectivity index (χ1) is 13.4. The van der Waals surface area contributed by atoms with Crippen molar-refractivity contribution in [3.63, 3.8) is 0 Å². The molecule has 0 aromatic rings. The number of rotatable bonds is 17. The van der Waals surface area contributed by atoms with Gasteiger partial charge in [-0.3, -0.25) is 4.90 Å². The van der Waals surface area contributed by atoms with Crippen LogP contribution in [0, 0.1) is 0 Å². The first-order valence-electron chi connectivity index (χ1n) is 10.3. The minimum absolute atomic E-state index is 0.0513. The Bertz CT molecular complexity index is 369. The summed E-state index contributed by atoms with van der Waals surface area (Å²) in [6.07, 6.45) is 2.45. The monoisotopic (exact) mass is 409 g/mol. The highest BCUT2D eigenvalue weighted by Gasteiger charge is 2.37. The van der Waals surface area contributed by atoms with Crippen molar-refractivity contribution in [1.82, 2.24) is 4.90 Å². The van der Waals surface area contributed by atoms with E-state index in [1.54, 1.807) is 0 Å². The number of nitrogens with zero attached hydrogens (tertiary/aromatic N) is 1. The summed E-state index contributed by atoms with van der Waals surface area (Å²) >= 11 is 0. The van der Waals surface area contributed by atoms with Crippen molar-refractivity contribution in [2.75, 3.05) is 19.8 Å². The number of ether oxygens (including phenoxy) is 1. The number of aliphatic hydroxyl groups is 6. The van der Waals surface area contributed by atoms with Crippen LogP contribution in [-0.4, -0.2) is 86.1 Å². The molecule has 0 heterocycles. The molecule has 4 unspecified atom stereocenters. The molecule has 0 spiro atoms. The van der Waals surface area contributed by atoms with Crippen LogP contribution < -0.4 is 0 Å². The topological polar surface area (TPSA) is 151 Å². The fourth-order valence-corrected chi connectivity index (χ4v) is 2.76. The molecule has 0 aromatic heterocycles. The van der Waals surface area contributed by atoms with E-state index in [-0.39, 0.29) is 6.61 Å². The smallest absolute Gasteiger partial charge is 0.414 e. The predicted molar refractivity (Wildman–Crippen MR) is 103 cm³/mol. The molecule has 1 amide bonds. The lowest BCUT2D eigenvalue weighted by Crippen LogP contribution is -2.57. The average Bonchev–Trinajstić information content (AvgIpc) is 2.70. The maximum Gasteiger partial charge on any atom is 0.414 e. The maximum atomic E-state index is 12.1. The molecule has 9 heteroatoms. The molecule has 0 aliphatic carbocycles. The van der Waals surface area contributed by atoms with E-state index >= 15 is 0 Å². The number of carbonyl (C=O) groups is 1. The summed E-state index contributed by atoms with van der Waals surface area (Å²) < 4.78 is 4.99. The van der Waals surface area contributed by atoms with Gasteiger partial charge < -0.3 is 35.4 Å². The summed E-state index contributed by atoms with van der Waals surface area (Å²) in [5.74, 6) is 0. The zero-order chi connectivity index (χ0) is 21.4. The fourth-order valence-electron chi connectivity index (χ4n) is 2.76. The highest BCUT2D eigenvalue weighted by atomic mass is 16.6. The van der Waals surface area contributed by atoms with Crippen LogP contribution in [-0.2, 0) is 4.74 Å². The zero-order valence-electron chi connectivity index (χ0n) is 16.9. The summed E-state index contributed by atoms with van der Waals surface area (Å²) in [6, 6.07) is 0. The molecule has 9 nitrogen and oxygen atoms in total. The second kappa shape index (κ2) is 16.9. The van der Waals surface area contributed by atoms with Crippen molar-refractivity contribution < 1.29 is 40.2 Å². The Morgan fingerprint density at radius 2 is 1.14 bits per heavy atom. The number of carbonyl (C=O) groups excluding carboxylic acids is 1. The molecule has 168 valence electrons. The van der Waals surface area contributed by atoms with E-state index in [1.165, 1.54) is 38.5 Å². The molecule has 0 saturated carbocycles. The third-order valence-corrected chi connectivity index (χ3v) is 4.57. The lowest BCUT2D eigenvalue weighted by molar-refractivity contribution is -0.173. The molecule has 0 aliphatic rings. The van der Waals surface area contributed by atoms with E-state index in [1.807, 2.05) is 0 Å². The molecular formula is C19H39NO8. The SMILES string of the molecule is CCCCCCCCCCCCOC(=O)N(C(O)C(O)CO)C(O)C(O)CO. The van der Waals surface area contributed by atoms with Crippen LogP contribution in [0.4, 0.5) is 4.79 Å². The van der Waals surface area contributed by atoms with E-state index in [0.717, 1.165) is 19.3 Å². The Hall–Kier alpha value is -0.970. The van der Waals surface area contributed by atoms with Crippen molar-refractivity contribution >= 4 is 6.09 Å². The zero-order valence-corrected chi connectivity index (χ0v) is 16.9. The van der Waals surface area contributed by atoms with E-state index in [0.29, 0.717) is 11.3 Å². The van der Waals surface area contributed by atoms with Gasteiger partial charge in [-0.25, -0.2) is 4.79 Å². The highest BCUT2D eigenvalue weighted by molar-refractivity contribution is 5.68. The molecule has 6 N–H and O–H groups in total. The number of hydrogen-bond acceptors (Lipinski definition) is 8. The predicted octanol–water partition coefficient (Wildman–Crippen LogP) is 0.689. The molecule has 0 fully saturated rings. The van der Waals surface area contributed by atoms with Gasteiger partial charge in [-0.2, -0.15) is 0 Å². The number of aliphatic hydroxyl groups excluding tert-OH is 6. The summed E-state index contributed by atoms with van der Waals surface area (Å²) in [7, 11) is 0. The van der Waals surface area contributed by atoms with E-state index in [4.69, 9.17) is 14.9 Å². The van der Waals surface area contributed by atoms with Crippen molar-refractivity contribution in [3.05, 3.63) is 0 Å². The maximum absolute atomic E-state index is 12.1. The molecular weight excluding hydrogens is 370 g/mol. The molecule has 0 bridgehead atoms. The van der Waals surface area contributed by atoms with Crippen LogP contribution in [0.1, 0.15) is 71.1 Å². The molecule has 0 saturated heterocycles. The van der Waals surface area contributed by atoms with Gasteiger partial charge in [0.05, 0.1) is 19.8 Å². The summed E-state index contributed by atoms with van der Waals surface area (Å²) in [5.41, 5.74) is 0. The van der Waals surface area contributed by atoms with Crippen LogP contribution in [0.2, 0.25) is 0 Å². The standard InChI is InChI=1S/C19H39NO8/c1-2-3-4-5-6-7-8-9-10-11-12-28-19(27)20(17(25)15(23)13-21)18(26)16(24)14-22/h15-18,21-26H,2-14H2,1H3. The molecule has 0 rings (SSSR count). The van der Waals surface area contributed by atoms with E-state index in [2.05, 4.69) is 6.92 Å². The van der Waals surface area contributed by atoms with Gasteiger partial charge in [0.1, 0.15) is 12.2 Å². The van der Waals surface area contributed by atoms with Crippen molar-refractivity contribution in [2.24, 2.45) is 0 Å². The lowest BCUT2D eigenvalue weighted by Gasteiger charge is -2.34. The highest BCUT2D eigenvalue weighted by Crippen LogP contribution is 2.13. The number of hydrogen-bond donors (Lipinski definition) is 6. The van der Waals surface area contributed by atoms with Crippen molar-refractivity contribution in [1.29, 1.82) is 0 Å². The van der Waals surface area contributed by atoms with Gasteiger partial charge in [-0.05, 0) is 6.42 Å². The Kier molecular flexibility index (Phi) is 16.4. The summed E-state index contributed by atoms with van der Waals surface area (Å²) in [6.45, 7) is 0.503. The molecule has 0 aromatic carbocycles. The van der Waals surface area contributed by atoms with Crippen LogP contribution >= 0.6 is 0 Å². The van der Waals surface area contributed by atoms with Crippen LogP contribution in [0.5, 0.6) is 0 Å². The molecule has 0 aliphatic heterocycles. The second-order valence-electron chi connectivity index (χ2n) is 7.03. The second-order valence-corrected chi connectivity index (χ2v) is 7.03. The van der Waals surface area contributed by atoms with Gasteiger partial charge >= 0.3 is 6.09 Å². The Balaban J connectivity index is 4.17. The Labute approximate surface area is 167 Å². The van der Waals surface area contributed by atoms with Crippen LogP contribution in [0.3, 0.4) is 0 Å². The Morgan fingerprint density at radius 1 is 0.750 bits per heavy atom. The van der Waals surface area contributed by atoms with Gasteiger partial charge in [-0.15, -0.1) is 0 Å². The minimum atomic E-state index is -2.00. The minimum Gasteiger partial charge on any atom is -0.449 e. The first kappa shape index (κ1) is 27.0. The molecule has 28 heavy (non-hydrogen) atoms. The van der Waals surface area contributed by atoms with Crippen molar-refractivity contribution in [2.45, 2.75) is 95.8 Å². The molecule has 4 atom stereocenters. The van der Waals surface area contributed by atoms with Gasteiger partial charge in [0.15, 0.2) is 12.5 Å². The third-order valence-electron chi connectivity index (χ3n) is 4.57. The van der Waals surface area contributed by atoms with E-state index < -0.39 is 44.0 Å². The number of amides is 1. The first-order valence-corrected chi connectivity index (χ1v) is 10.3. The lowest BCUT2D eigenvalue weighted by atomic mass is 10.1. The molecule has 0 radical (unpaired) electrons. The fraction of sp³-hybridized carbons (Fsp3) is 0.947. The largest absolute Gasteiger partial charge is 0.449 e.